The number of aliphatic hydroxyl groups is 1. The molecule has 0 radical (unpaired) electrons. The number of unbranched alkanes of at least 4 members (excludes halogenated alkanes) is 3. The molecule has 0 amide bonds. The lowest BCUT2D eigenvalue weighted by molar-refractivity contribution is -0.121. The predicted molar refractivity (Wildman–Crippen MR) is 125 cm³/mol. The minimum absolute atomic E-state index is 0.0819. The van der Waals surface area contributed by atoms with Crippen molar-refractivity contribution in [1.29, 1.82) is 0 Å². The van der Waals surface area contributed by atoms with Crippen molar-refractivity contribution in [3.05, 3.63) is 54.4 Å². The number of nitrogens with zero attached hydrogens (tertiary/aromatic N) is 2. The Morgan fingerprint density at radius 2 is 1.84 bits per heavy atom. The highest BCUT2D eigenvalue weighted by Crippen LogP contribution is 2.35. The predicted octanol–water partition coefficient (Wildman–Crippen LogP) is 4.70. The molecule has 3 aromatic rings. The van der Waals surface area contributed by atoms with E-state index in [1.807, 2.05) is 30.3 Å². The first kappa shape index (κ1) is 23.5. The van der Waals surface area contributed by atoms with E-state index in [4.69, 9.17) is 14.6 Å². The van der Waals surface area contributed by atoms with Crippen LogP contribution in [0, 0.1) is 0 Å². The number of aromatic nitrogens is 2. The van der Waals surface area contributed by atoms with Gasteiger partial charge in [-0.25, -0.2) is 9.97 Å². The van der Waals surface area contributed by atoms with Crippen molar-refractivity contribution < 1.29 is 19.4 Å². The number of aliphatic hydroxyl groups excluding tert-OH is 1. The molecule has 0 unspecified atom stereocenters. The number of ether oxygens (including phenoxy) is 2. The van der Waals surface area contributed by atoms with Gasteiger partial charge in [-0.15, -0.1) is 0 Å². The minimum atomic E-state index is -0.366. The van der Waals surface area contributed by atoms with E-state index in [1.165, 1.54) is 5.56 Å². The number of methoxy groups -OCH3 is 1. The monoisotopic (exact) mass is 437 g/mol. The quantitative estimate of drug-likeness (QED) is 0.374. The van der Waals surface area contributed by atoms with E-state index >= 15 is 0 Å². The second-order valence-electron chi connectivity index (χ2n) is 7.73. The molecule has 3 rings (SSSR count). The summed E-state index contributed by atoms with van der Waals surface area (Å²) in [5.41, 5.74) is 1.95. The largest absolute Gasteiger partial charge is 0.493 e. The van der Waals surface area contributed by atoms with Gasteiger partial charge in [-0.1, -0.05) is 43.2 Å². The van der Waals surface area contributed by atoms with E-state index in [1.54, 1.807) is 13.4 Å². The van der Waals surface area contributed by atoms with Crippen LogP contribution in [0.1, 0.15) is 50.6 Å². The molecule has 0 aliphatic carbocycles. The molecule has 0 bridgehead atoms. The first-order valence-electron chi connectivity index (χ1n) is 11.0. The molecule has 2 aromatic carbocycles. The third kappa shape index (κ3) is 6.40. The summed E-state index contributed by atoms with van der Waals surface area (Å²) in [5.74, 6) is 1.93. The van der Waals surface area contributed by atoms with Gasteiger partial charge in [0, 0.05) is 23.9 Å². The zero-order chi connectivity index (χ0) is 22.8. The van der Waals surface area contributed by atoms with E-state index < -0.39 is 0 Å². The number of nitrogens with one attached hydrogen (secondary N) is 1. The van der Waals surface area contributed by atoms with Crippen LogP contribution < -0.4 is 14.8 Å². The van der Waals surface area contributed by atoms with Gasteiger partial charge in [0.05, 0.1) is 19.2 Å². The average molecular weight is 438 g/mol. The number of hydrogen-bond donors (Lipinski definition) is 2. The Bertz CT molecular complexity index is 1010. The number of rotatable bonds is 13. The standard InChI is InChI=1S/C25H31N3O4/c1-18(19-10-6-5-7-11-19)28-25-21-14-24(23(31-2)15-22(21)26-17-27-25)32-13-9-4-3-8-12-20(30)16-29/h5-7,10-11,14-15,17-18,29H,3-4,8-9,12-13,16H2,1-2H3,(H,26,27,28)/t18-/m1/s1. The maximum Gasteiger partial charge on any atom is 0.162 e. The van der Waals surface area contributed by atoms with E-state index in [0.717, 1.165) is 42.4 Å². The third-order valence-corrected chi connectivity index (χ3v) is 5.36. The second kappa shape index (κ2) is 12.0. The minimum Gasteiger partial charge on any atom is -0.493 e. The number of fused-ring (bicyclic) bond motifs is 1. The van der Waals surface area contributed by atoms with Crippen LogP contribution in [0.15, 0.2) is 48.8 Å². The lowest BCUT2D eigenvalue weighted by Crippen LogP contribution is -2.08. The average Bonchev–Trinajstić information content (AvgIpc) is 2.83. The van der Waals surface area contributed by atoms with Gasteiger partial charge in [-0.3, -0.25) is 4.79 Å². The van der Waals surface area contributed by atoms with E-state index in [2.05, 4.69) is 34.3 Å². The first-order valence-corrected chi connectivity index (χ1v) is 11.0. The van der Waals surface area contributed by atoms with Gasteiger partial charge < -0.3 is 19.9 Å². The molecule has 32 heavy (non-hydrogen) atoms. The molecule has 0 aliphatic heterocycles. The van der Waals surface area contributed by atoms with Crippen molar-refractivity contribution in [1.82, 2.24) is 9.97 Å². The molecule has 0 fully saturated rings. The van der Waals surface area contributed by atoms with Crippen molar-refractivity contribution in [2.75, 3.05) is 25.6 Å². The van der Waals surface area contributed by atoms with Gasteiger partial charge in [0.25, 0.3) is 0 Å². The number of ketones is 1. The number of carbonyl (C=O) groups is 1. The molecule has 1 atom stereocenters. The lowest BCUT2D eigenvalue weighted by Gasteiger charge is -2.17. The molecule has 170 valence electrons. The summed E-state index contributed by atoms with van der Waals surface area (Å²) in [6, 6.07) is 14.1. The summed E-state index contributed by atoms with van der Waals surface area (Å²) in [5, 5.41) is 13.1. The fourth-order valence-corrected chi connectivity index (χ4v) is 3.52. The molecule has 0 spiro atoms. The van der Waals surface area contributed by atoms with E-state index in [0.29, 0.717) is 24.5 Å². The third-order valence-electron chi connectivity index (χ3n) is 5.36. The molecule has 1 aromatic heterocycles. The summed E-state index contributed by atoms with van der Waals surface area (Å²) in [6.45, 7) is 2.28. The maximum atomic E-state index is 11.1. The second-order valence-corrected chi connectivity index (χ2v) is 7.73. The van der Waals surface area contributed by atoms with Crippen molar-refractivity contribution in [2.24, 2.45) is 0 Å². The molecule has 0 saturated heterocycles. The van der Waals surface area contributed by atoms with Crippen LogP contribution in [0.3, 0.4) is 0 Å². The maximum absolute atomic E-state index is 11.1. The lowest BCUT2D eigenvalue weighted by atomic mass is 10.1. The highest BCUT2D eigenvalue weighted by atomic mass is 16.5. The van der Waals surface area contributed by atoms with Gasteiger partial charge in [0.15, 0.2) is 17.3 Å². The highest BCUT2D eigenvalue weighted by molar-refractivity contribution is 5.91. The van der Waals surface area contributed by atoms with Crippen LogP contribution in [0.4, 0.5) is 5.82 Å². The van der Waals surface area contributed by atoms with Crippen molar-refractivity contribution in [2.45, 2.75) is 45.1 Å². The summed E-state index contributed by atoms with van der Waals surface area (Å²) in [4.78, 5) is 20.0. The highest BCUT2D eigenvalue weighted by Gasteiger charge is 2.14. The molecular weight excluding hydrogens is 406 g/mol. The van der Waals surface area contributed by atoms with Gasteiger partial charge in [-0.05, 0) is 31.4 Å². The molecular formula is C25H31N3O4. The topological polar surface area (TPSA) is 93.6 Å². The summed E-state index contributed by atoms with van der Waals surface area (Å²) >= 11 is 0. The molecule has 0 aliphatic rings. The molecule has 7 heteroatoms. The van der Waals surface area contributed by atoms with E-state index in [-0.39, 0.29) is 18.4 Å². The molecule has 1 heterocycles. The van der Waals surface area contributed by atoms with Crippen LogP contribution in [-0.4, -0.2) is 41.2 Å². The number of anilines is 1. The first-order chi connectivity index (χ1) is 15.6. The number of benzene rings is 2. The Labute approximate surface area is 188 Å². The van der Waals surface area contributed by atoms with Crippen molar-refractivity contribution in [3.63, 3.8) is 0 Å². The van der Waals surface area contributed by atoms with Crippen molar-refractivity contribution >= 4 is 22.5 Å². The van der Waals surface area contributed by atoms with E-state index in [9.17, 15) is 4.79 Å². The fourth-order valence-electron chi connectivity index (χ4n) is 3.52. The van der Waals surface area contributed by atoms with Gasteiger partial charge >= 0.3 is 0 Å². The SMILES string of the molecule is COc1cc2ncnc(N[C@H](C)c3ccccc3)c2cc1OCCCCCCC(=O)CO. The Morgan fingerprint density at radius 1 is 1.06 bits per heavy atom. The van der Waals surface area contributed by atoms with Crippen LogP contribution >= 0.6 is 0 Å². The Morgan fingerprint density at radius 3 is 2.59 bits per heavy atom. The van der Waals surface area contributed by atoms with Gasteiger partial charge in [-0.2, -0.15) is 0 Å². The smallest absolute Gasteiger partial charge is 0.162 e. The zero-order valence-corrected chi connectivity index (χ0v) is 18.7. The normalized spacial score (nSPS) is 11.8. The van der Waals surface area contributed by atoms with Crippen molar-refractivity contribution in [3.8, 4) is 11.5 Å². The van der Waals surface area contributed by atoms with Crippen LogP contribution in [0.2, 0.25) is 0 Å². The zero-order valence-electron chi connectivity index (χ0n) is 18.7. The van der Waals surface area contributed by atoms with Crippen LogP contribution in [-0.2, 0) is 4.79 Å². The number of carbonyl (C=O) groups excluding carboxylic acids is 1. The van der Waals surface area contributed by atoms with Gasteiger partial charge in [0.2, 0.25) is 0 Å². The molecule has 7 nitrogen and oxygen atoms in total. The summed E-state index contributed by atoms with van der Waals surface area (Å²) < 4.78 is 11.5. The Kier molecular flexibility index (Phi) is 8.80. The van der Waals surface area contributed by atoms with Gasteiger partial charge in [0.1, 0.15) is 18.8 Å². The molecule has 0 saturated carbocycles. The summed E-state index contributed by atoms with van der Waals surface area (Å²) in [7, 11) is 1.62. The Hall–Kier alpha value is -3.19. The summed E-state index contributed by atoms with van der Waals surface area (Å²) in [6.07, 6.45) is 5.54. The molecule has 2 N–H and O–H groups in total. The number of hydrogen-bond acceptors (Lipinski definition) is 7. The fraction of sp³-hybridized carbons (Fsp3) is 0.400. The van der Waals surface area contributed by atoms with Crippen LogP contribution in [0.25, 0.3) is 10.9 Å². The van der Waals surface area contributed by atoms with Crippen LogP contribution in [0.5, 0.6) is 11.5 Å². The number of Topliss-reactive ketones (excluding diaryl/α,β-unsaturated/α-hetero) is 1. The Balaban J connectivity index is 1.66.